The Balaban J connectivity index is 2.23. The number of nitrogens with two attached hydrogens (primary N) is 1. The van der Waals surface area contributed by atoms with Crippen molar-refractivity contribution in [1.29, 1.82) is 0 Å². The maximum Gasteiger partial charge on any atom is 0.158 e. The molecule has 0 bridgehead atoms. The van der Waals surface area contributed by atoms with Crippen LogP contribution in [0.3, 0.4) is 0 Å². The Morgan fingerprint density at radius 2 is 2.05 bits per heavy atom. The molecule has 2 N–H and O–H groups in total. The van der Waals surface area contributed by atoms with Crippen LogP contribution in [0.25, 0.3) is 0 Å². The normalized spacial score (nSPS) is 17.9. The van der Waals surface area contributed by atoms with Gasteiger partial charge in [-0.2, -0.15) is 5.10 Å². The molecule has 1 aromatic heterocycles. The molecule has 1 fully saturated rings. The van der Waals surface area contributed by atoms with Crippen LogP contribution < -0.4 is 5.73 Å². The van der Waals surface area contributed by atoms with E-state index in [1.165, 1.54) is 0 Å². The first-order valence-corrected chi connectivity index (χ1v) is 7.87. The summed E-state index contributed by atoms with van der Waals surface area (Å²) in [6.45, 7) is 4.89. The third-order valence-corrected chi connectivity index (χ3v) is 4.99. The van der Waals surface area contributed by atoms with Crippen molar-refractivity contribution in [1.82, 2.24) is 9.78 Å². The van der Waals surface area contributed by atoms with E-state index in [2.05, 4.69) is 28.0 Å². The van der Waals surface area contributed by atoms with Crippen LogP contribution in [0.2, 0.25) is 0 Å². The first kappa shape index (κ1) is 14.7. The highest BCUT2D eigenvalue weighted by Crippen LogP contribution is 2.31. The molecule has 0 aromatic carbocycles. The van der Waals surface area contributed by atoms with Gasteiger partial charge in [0.2, 0.25) is 0 Å². The number of halogens is 1. The molecule has 19 heavy (non-hydrogen) atoms. The summed E-state index contributed by atoms with van der Waals surface area (Å²) >= 11 is 3.58. The van der Waals surface area contributed by atoms with Crippen LogP contribution >= 0.6 is 15.9 Å². The molecule has 2 rings (SSSR count). The Bertz CT molecular complexity index is 475. The van der Waals surface area contributed by atoms with Crippen LogP contribution in [-0.4, -0.2) is 21.1 Å². The van der Waals surface area contributed by atoms with Crippen molar-refractivity contribution in [3.05, 3.63) is 15.9 Å². The lowest BCUT2D eigenvalue weighted by molar-refractivity contribution is -0.123. The minimum atomic E-state index is -0.603. The van der Waals surface area contributed by atoms with E-state index in [4.69, 9.17) is 5.73 Å². The molecule has 0 spiro atoms. The number of Topliss-reactive ketones (excluding diaryl/α,β-unsaturated/α-hetero) is 1. The van der Waals surface area contributed by atoms with Crippen LogP contribution in [0.5, 0.6) is 0 Å². The summed E-state index contributed by atoms with van der Waals surface area (Å²) in [5, 5.41) is 4.53. The van der Waals surface area contributed by atoms with Gasteiger partial charge in [0.25, 0.3) is 0 Å². The lowest BCUT2D eigenvalue weighted by atomic mass is 9.90. The molecule has 1 aliphatic carbocycles. The van der Waals surface area contributed by atoms with E-state index < -0.39 is 5.54 Å². The molecule has 1 aliphatic rings. The summed E-state index contributed by atoms with van der Waals surface area (Å²) in [6, 6.07) is 0. The van der Waals surface area contributed by atoms with E-state index in [0.29, 0.717) is 6.42 Å². The van der Waals surface area contributed by atoms with E-state index in [0.717, 1.165) is 54.5 Å². The molecule has 1 heterocycles. The predicted molar refractivity (Wildman–Crippen MR) is 79.1 cm³/mol. The predicted octanol–water partition coefficient (Wildman–Crippen LogP) is 2.61. The number of hydrogen-bond acceptors (Lipinski definition) is 3. The molecule has 1 saturated carbocycles. The van der Waals surface area contributed by atoms with Gasteiger partial charge in [0, 0.05) is 6.54 Å². The van der Waals surface area contributed by atoms with Gasteiger partial charge in [-0.15, -0.1) is 0 Å². The largest absolute Gasteiger partial charge is 0.319 e. The SMILES string of the molecule is CCc1nn(CC)c(CC(=O)C2(N)CCCC2)c1Br. The van der Waals surface area contributed by atoms with E-state index in [1.54, 1.807) is 0 Å². The van der Waals surface area contributed by atoms with Crippen LogP contribution in [0, 0.1) is 0 Å². The fraction of sp³-hybridized carbons (Fsp3) is 0.714. The third kappa shape index (κ3) is 2.77. The fourth-order valence-corrected chi connectivity index (χ4v) is 3.50. The second-order valence-electron chi connectivity index (χ2n) is 5.34. The topological polar surface area (TPSA) is 60.9 Å². The zero-order valence-corrected chi connectivity index (χ0v) is 13.3. The van der Waals surface area contributed by atoms with E-state index in [1.807, 2.05) is 11.6 Å². The van der Waals surface area contributed by atoms with Crippen molar-refractivity contribution in [3.8, 4) is 0 Å². The summed E-state index contributed by atoms with van der Waals surface area (Å²) in [4.78, 5) is 12.5. The molecule has 0 radical (unpaired) electrons. The number of ketones is 1. The van der Waals surface area contributed by atoms with Gasteiger partial charge >= 0.3 is 0 Å². The second kappa shape index (κ2) is 5.75. The molecular weight excluding hydrogens is 306 g/mol. The Morgan fingerprint density at radius 3 is 2.58 bits per heavy atom. The van der Waals surface area contributed by atoms with Crippen LogP contribution in [-0.2, 0) is 24.2 Å². The molecular formula is C14H22BrN3O. The third-order valence-electron chi connectivity index (χ3n) is 4.07. The zero-order valence-electron chi connectivity index (χ0n) is 11.7. The molecule has 106 valence electrons. The molecule has 0 amide bonds. The average molecular weight is 328 g/mol. The highest BCUT2D eigenvalue weighted by molar-refractivity contribution is 9.10. The summed E-state index contributed by atoms with van der Waals surface area (Å²) < 4.78 is 2.89. The summed E-state index contributed by atoms with van der Waals surface area (Å²) in [5.41, 5.74) is 7.62. The number of carbonyl (C=O) groups excluding carboxylic acids is 1. The summed E-state index contributed by atoms with van der Waals surface area (Å²) in [6.07, 6.45) is 5.03. The van der Waals surface area contributed by atoms with E-state index in [-0.39, 0.29) is 5.78 Å². The van der Waals surface area contributed by atoms with Gasteiger partial charge in [0.1, 0.15) is 0 Å². The molecule has 0 aliphatic heterocycles. The summed E-state index contributed by atoms with van der Waals surface area (Å²) in [7, 11) is 0. The van der Waals surface area contributed by atoms with Crippen LogP contribution in [0.4, 0.5) is 0 Å². The smallest absolute Gasteiger partial charge is 0.158 e. The molecule has 5 heteroatoms. The van der Waals surface area contributed by atoms with Crippen molar-refractivity contribution in [2.24, 2.45) is 5.73 Å². The van der Waals surface area contributed by atoms with Crippen molar-refractivity contribution in [2.45, 2.75) is 64.5 Å². The zero-order chi connectivity index (χ0) is 14.0. The first-order valence-electron chi connectivity index (χ1n) is 7.08. The Morgan fingerprint density at radius 1 is 1.42 bits per heavy atom. The van der Waals surface area contributed by atoms with Gasteiger partial charge in [-0.05, 0) is 42.1 Å². The molecule has 1 aromatic rings. The van der Waals surface area contributed by atoms with Crippen molar-refractivity contribution < 1.29 is 4.79 Å². The number of aryl methyl sites for hydroxylation is 2. The minimum Gasteiger partial charge on any atom is -0.319 e. The number of nitrogens with zero attached hydrogens (tertiary/aromatic N) is 2. The standard InChI is InChI=1S/C14H22BrN3O/c1-3-10-13(15)11(18(4-2)17-10)9-12(19)14(16)7-5-6-8-14/h3-9,16H2,1-2H3. The van der Waals surface area contributed by atoms with Gasteiger partial charge in [0.15, 0.2) is 5.78 Å². The highest BCUT2D eigenvalue weighted by Gasteiger charge is 2.37. The summed E-state index contributed by atoms with van der Waals surface area (Å²) in [5.74, 6) is 0.156. The van der Waals surface area contributed by atoms with E-state index >= 15 is 0 Å². The maximum atomic E-state index is 12.5. The second-order valence-corrected chi connectivity index (χ2v) is 6.13. The van der Waals surface area contributed by atoms with E-state index in [9.17, 15) is 4.79 Å². The molecule has 4 nitrogen and oxygen atoms in total. The fourth-order valence-electron chi connectivity index (χ4n) is 2.80. The van der Waals surface area contributed by atoms with Crippen molar-refractivity contribution in [2.75, 3.05) is 0 Å². The highest BCUT2D eigenvalue weighted by atomic mass is 79.9. The van der Waals surface area contributed by atoms with Crippen molar-refractivity contribution in [3.63, 3.8) is 0 Å². The van der Waals surface area contributed by atoms with Gasteiger partial charge in [-0.3, -0.25) is 9.48 Å². The molecule has 0 saturated heterocycles. The number of carbonyl (C=O) groups is 1. The lowest BCUT2D eigenvalue weighted by Crippen LogP contribution is -2.46. The van der Waals surface area contributed by atoms with Gasteiger partial charge in [-0.25, -0.2) is 0 Å². The minimum absolute atomic E-state index is 0.156. The maximum absolute atomic E-state index is 12.5. The van der Waals surface area contributed by atoms with Gasteiger partial charge in [-0.1, -0.05) is 19.8 Å². The monoisotopic (exact) mass is 327 g/mol. The first-order chi connectivity index (χ1) is 9.01. The van der Waals surface area contributed by atoms with Crippen molar-refractivity contribution >= 4 is 21.7 Å². The van der Waals surface area contributed by atoms with Crippen LogP contribution in [0.15, 0.2) is 4.47 Å². The lowest BCUT2D eigenvalue weighted by Gasteiger charge is -2.21. The Labute approximate surface area is 122 Å². The molecule has 0 unspecified atom stereocenters. The Kier molecular flexibility index (Phi) is 4.46. The number of aromatic nitrogens is 2. The quantitative estimate of drug-likeness (QED) is 0.904. The molecule has 0 atom stereocenters. The number of rotatable bonds is 5. The van der Waals surface area contributed by atoms with Gasteiger partial charge in [0.05, 0.1) is 27.8 Å². The van der Waals surface area contributed by atoms with Gasteiger partial charge < -0.3 is 5.73 Å². The average Bonchev–Trinajstić information content (AvgIpc) is 2.96. The Hall–Kier alpha value is -0.680. The van der Waals surface area contributed by atoms with Crippen LogP contribution in [0.1, 0.15) is 50.9 Å². The number of hydrogen-bond donors (Lipinski definition) is 1.